The largest absolute Gasteiger partial charge is 0.507 e. The highest BCUT2D eigenvalue weighted by atomic mass is 35.6. The van der Waals surface area contributed by atoms with Crippen LogP contribution in [0.5, 0.6) is 11.5 Å². The number of phenolic OH excluding ortho intramolecular Hbond substituents is 1. The van der Waals surface area contributed by atoms with Crippen LogP contribution in [0.4, 0.5) is 0 Å². The maximum absolute atomic E-state index is 12.0. The van der Waals surface area contributed by atoms with E-state index in [1.807, 2.05) is 13.8 Å². The van der Waals surface area contributed by atoms with Gasteiger partial charge in [-0.15, -0.1) is 0 Å². The number of aromatic hydroxyl groups is 1. The molecule has 0 spiro atoms. The van der Waals surface area contributed by atoms with Gasteiger partial charge in [0.05, 0.1) is 11.8 Å². The van der Waals surface area contributed by atoms with E-state index in [4.69, 9.17) is 39.5 Å². The van der Waals surface area contributed by atoms with E-state index in [-0.39, 0.29) is 29.6 Å². The van der Waals surface area contributed by atoms with Crippen molar-refractivity contribution in [1.29, 1.82) is 0 Å². The SMILES string of the molecule is CC(C)CC(=O)NC(Oc1ccc(C=NNC(=O)c2ccccc2O)cc1)C(Cl)(Cl)Cl. The average Bonchev–Trinajstić information content (AvgIpc) is 2.67. The smallest absolute Gasteiger partial charge is 0.275 e. The highest BCUT2D eigenvalue weighted by Gasteiger charge is 2.36. The van der Waals surface area contributed by atoms with Gasteiger partial charge in [0.25, 0.3) is 5.91 Å². The van der Waals surface area contributed by atoms with Crippen LogP contribution in [0.1, 0.15) is 36.2 Å². The van der Waals surface area contributed by atoms with Crippen LogP contribution >= 0.6 is 34.8 Å². The third kappa shape index (κ3) is 8.28. The number of nitrogens with one attached hydrogen (secondary N) is 2. The Morgan fingerprint density at radius 3 is 2.35 bits per heavy atom. The number of rotatable bonds is 8. The topological polar surface area (TPSA) is 100 Å². The monoisotopic (exact) mass is 485 g/mol. The second-order valence-corrected chi connectivity index (χ2v) is 9.36. The molecule has 0 aromatic heterocycles. The third-order valence-electron chi connectivity index (χ3n) is 3.85. The lowest BCUT2D eigenvalue weighted by molar-refractivity contribution is -0.124. The van der Waals surface area contributed by atoms with Gasteiger partial charge in [0.15, 0.2) is 0 Å². The first kappa shape index (κ1) is 24.8. The molecule has 2 aromatic carbocycles. The summed E-state index contributed by atoms with van der Waals surface area (Å²) in [4.78, 5) is 24.0. The molecule has 0 heterocycles. The molecule has 2 aromatic rings. The predicted molar refractivity (Wildman–Crippen MR) is 122 cm³/mol. The quantitative estimate of drug-likeness (QED) is 0.223. The van der Waals surface area contributed by atoms with E-state index in [9.17, 15) is 14.7 Å². The summed E-state index contributed by atoms with van der Waals surface area (Å²) in [6, 6.07) is 12.7. The zero-order valence-corrected chi connectivity index (χ0v) is 19.1. The summed E-state index contributed by atoms with van der Waals surface area (Å²) in [5.74, 6) is -0.481. The summed E-state index contributed by atoms with van der Waals surface area (Å²) >= 11 is 17.8. The molecular weight excluding hydrogens is 465 g/mol. The number of benzene rings is 2. The maximum atomic E-state index is 12.0. The Morgan fingerprint density at radius 1 is 1.13 bits per heavy atom. The van der Waals surface area contributed by atoms with Gasteiger partial charge in [0.2, 0.25) is 15.9 Å². The number of phenols is 1. The summed E-state index contributed by atoms with van der Waals surface area (Å²) in [7, 11) is 0. The van der Waals surface area contributed by atoms with Crippen LogP contribution in [-0.4, -0.2) is 33.2 Å². The summed E-state index contributed by atoms with van der Waals surface area (Å²) in [5.41, 5.74) is 3.10. The fraction of sp³-hybridized carbons (Fsp3) is 0.286. The summed E-state index contributed by atoms with van der Waals surface area (Å²) in [6.07, 6.45) is 0.502. The number of hydrazone groups is 1. The van der Waals surface area contributed by atoms with Crippen molar-refractivity contribution in [3.63, 3.8) is 0 Å². The fourth-order valence-corrected chi connectivity index (χ4v) is 2.71. The molecule has 0 saturated heterocycles. The van der Waals surface area contributed by atoms with Gasteiger partial charge >= 0.3 is 0 Å². The summed E-state index contributed by atoms with van der Waals surface area (Å²) in [5, 5.41) is 16.1. The number of alkyl halides is 3. The van der Waals surface area contributed by atoms with E-state index in [0.29, 0.717) is 11.3 Å². The highest BCUT2D eigenvalue weighted by molar-refractivity contribution is 6.68. The standard InChI is InChI=1S/C21H22Cl3N3O4/c1-13(2)11-18(29)26-20(21(22,23)24)31-15-9-7-14(8-10-15)12-25-27-19(30)16-5-3-4-6-17(16)28/h3-10,12-13,20,28H,11H2,1-2H3,(H,26,29)(H,27,30). The molecule has 3 N–H and O–H groups in total. The minimum absolute atomic E-state index is 0.112. The molecule has 0 aliphatic heterocycles. The van der Waals surface area contributed by atoms with Gasteiger partial charge in [-0.2, -0.15) is 5.10 Å². The van der Waals surface area contributed by atoms with E-state index in [0.717, 1.165) is 0 Å². The van der Waals surface area contributed by atoms with Crippen molar-refractivity contribution in [2.45, 2.75) is 30.3 Å². The molecule has 10 heteroatoms. The first-order valence-corrected chi connectivity index (χ1v) is 10.4. The van der Waals surface area contributed by atoms with Gasteiger partial charge in [0.1, 0.15) is 11.5 Å². The van der Waals surface area contributed by atoms with Crippen molar-refractivity contribution < 1.29 is 19.4 Å². The zero-order chi connectivity index (χ0) is 23.0. The predicted octanol–water partition coefficient (Wildman–Crippen LogP) is 4.39. The van der Waals surface area contributed by atoms with Crippen LogP contribution < -0.4 is 15.5 Å². The Kier molecular flexibility index (Phi) is 8.98. The number of para-hydroxylation sites is 1. The Morgan fingerprint density at radius 2 is 1.77 bits per heavy atom. The number of halogens is 3. The van der Waals surface area contributed by atoms with Crippen LogP contribution in [0.3, 0.4) is 0 Å². The minimum Gasteiger partial charge on any atom is -0.507 e. The lowest BCUT2D eigenvalue weighted by atomic mass is 10.1. The molecule has 0 radical (unpaired) electrons. The van der Waals surface area contributed by atoms with Gasteiger partial charge in [-0.05, 0) is 47.9 Å². The van der Waals surface area contributed by atoms with Gasteiger partial charge in [-0.3, -0.25) is 9.59 Å². The lowest BCUT2D eigenvalue weighted by Crippen LogP contribution is -2.48. The Bertz CT molecular complexity index is 928. The Balaban J connectivity index is 1.98. The molecule has 0 bridgehead atoms. The molecule has 7 nitrogen and oxygen atoms in total. The summed E-state index contributed by atoms with van der Waals surface area (Å²) < 4.78 is 3.76. The second kappa shape index (κ2) is 11.2. The van der Waals surface area contributed by atoms with E-state index >= 15 is 0 Å². The van der Waals surface area contributed by atoms with Crippen LogP contribution in [-0.2, 0) is 4.79 Å². The molecule has 0 aliphatic carbocycles. The van der Waals surface area contributed by atoms with Crippen LogP contribution in [0, 0.1) is 5.92 Å². The van der Waals surface area contributed by atoms with Gasteiger partial charge in [-0.1, -0.05) is 60.8 Å². The van der Waals surface area contributed by atoms with E-state index in [1.54, 1.807) is 36.4 Å². The van der Waals surface area contributed by atoms with E-state index in [2.05, 4.69) is 15.8 Å². The molecular formula is C21H22Cl3N3O4. The number of hydrogen-bond donors (Lipinski definition) is 3. The number of amides is 2. The number of nitrogens with zero attached hydrogens (tertiary/aromatic N) is 1. The van der Waals surface area contributed by atoms with E-state index < -0.39 is 15.9 Å². The molecule has 2 amide bonds. The van der Waals surface area contributed by atoms with E-state index in [1.165, 1.54) is 18.3 Å². The Labute approximate surface area is 195 Å². The molecule has 1 unspecified atom stereocenters. The maximum Gasteiger partial charge on any atom is 0.275 e. The van der Waals surface area contributed by atoms with Gasteiger partial charge < -0.3 is 15.2 Å². The van der Waals surface area contributed by atoms with Crippen LogP contribution in [0.25, 0.3) is 0 Å². The van der Waals surface area contributed by atoms with Crippen molar-refractivity contribution in [1.82, 2.24) is 10.7 Å². The first-order chi connectivity index (χ1) is 14.6. The van der Waals surface area contributed by atoms with Crippen molar-refractivity contribution in [2.75, 3.05) is 0 Å². The molecule has 0 aliphatic rings. The average molecular weight is 487 g/mol. The fourth-order valence-electron chi connectivity index (χ4n) is 2.41. The zero-order valence-electron chi connectivity index (χ0n) is 16.8. The molecule has 166 valence electrons. The highest BCUT2D eigenvalue weighted by Crippen LogP contribution is 2.32. The second-order valence-electron chi connectivity index (χ2n) is 6.99. The lowest BCUT2D eigenvalue weighted by Gasteiger charge is -2.26. The van der Waals surface area contributed by atoms with Crippen molar-refractivity contribution in [3.05, 3.63) is 59.7 Å². The van der Waals surface area contributed by atoms with Gasteiger partial charge in [0, 0.05) is 6.42 Å². The normalized spacial score (nSPS) is 12.6. The summed E-state index contributed by atoms with van der Waals surface area (Å²) in [6.45, 7) is 3.80. The number of carbonyl (C=O) groups excluding carboxylic acids is 2. The van der Waals surface area contributed by atoms with Crippen molar-refractivity contribution >= 4 is 52.8 Å². The number of hydrogen-bond acceptors (Lipinski definition) is 5. The molecule has 2 rings (SSSR count). The molecule has 0 fully saturated rings. The molecule has 0 saturated carbocycles. The minimum atomic E-state index is -1.87. The molecule has 31 heavy (non-hydrogen) atoms. The first-order valence-electron chi connectivity index (χ1n) is 9.30. The molecule has 1 atom stereocenters. The number of carbonyl (C=O) groups is 2. The Hall–Kier alpha value is -2.48. The number of ether oxygens (including phenoxy) is 1. The van der Waals surface area contributed by atoms with Crippen molar-refractivity contribution in [3.8, 4) is 11.5 Å². The third-order valence-corrected chi connectivity index (χ3v) is 4.44. The van der Waals surface area contributed by atoms with Crippen molar-refractivity contribution in [2.24, 2.45) is 11.0 Å². The van der Waals surface area contributed by atoms with Crippen LogP contribution in [0.2, 0.25) is 0 Å². The van der Waals surface area contributed by atoms with Crippen LogP contribution in [0.15, 0.2) is 53.6 Å². The van der Waals surface area contributed by atoms with Gasteiger partial charge in [-0.25, -0.2) is 5.43 Å².